The van der Waals surface area contributed by atoms with E-state index in [2.05, 4.69) is 37.5 Å². The number of aryl methyl sites for hydroxylation is 1. The highest BCUT2D eigenvalue weighted by Gasteiger charge is 2.24. The number of halogens is 2. The second-order valence-corrected chi connectivity index (χ2v) is 11.3. The number of fused-ring (bicyclic) bond motifs is 1. The van der Waals surface area contributed by atoms with Crippen LogP contribution in [-0.4, -0.2) is 45.5 Å². The summed E-state index contributed by atoms with van der Waals surface area (Å²) >= 11 is 10.9. The molecule has 0 bridgehead atoms. The summed E-state index contributed by atoms with van der Waals surface area (Å²) in [4.78, 5) is 28.1. The Morgan fingerprint density at radius 1 is 1.10 bits per heavy atom. The van der Waals surface area contributed by atoms with Crippen molar-refractivity contribution in [2.75, 3.05) is 23.8 Å². The third kappa shape index (κ3) is 6.35. The zero-order valence-electron chi connectivity index (χ0n) is 21.8. The van der Waals surface area contributed by atoms with E-state index in [1.165, 1.54) is 17.3 Å². The molecule has 1 aliphatic rings. The van der Waals surface area contributed by atoms with Crippen LogP contribution in [0.25, 0.3) is 5.69 Å². The Labute approximate surface area is 250 Å². The normalized spacial score (nSPS) is 12.6. The van der Waals surface area contributed by atoms with Crippen molar-refractivity contribution in [3.8, 4) is 11.4 Å². The number of anilines is 1. The molecule has 4 aromatic rings. The molecule has 2 heterocycles. The van der Waals surface area contributed by atoms with Gasteiger partial charge in [0.05, 0.1) is 29.5 Å². The van der Waals surface area contributed by atoms with Gasteiger partial charge in [0.25, 0.3) is 5.91 Å². The number of hydrogen-bond acceptors (Lipinski definition) is 6. The van der Waals surface area contributed by atoms with Crippen molar-refractivity contribution in [3.05, 3.63) is 93.2 Å². The third-order valence-corrected chi connectivity index (χ3v) is 8.16. The second-order valence-electron chi connectivity index (χ2n) is 9.03. The van der Waals surface area contributed by atoms with Crippen LogP contribution in [0.5, 0.6) is 5.75 Å². The second kappa shape index (κ2) is 12.9. The average Bonchev–Trinajstić information content (AvgIpc) is 3.38. The van der Waals surface area contributed by atoms with E-state index in [0.717, 1.165) is 34.4 Å². The van der Waals surface area contributed by atoms with Crippen LogP contribution in [-0.2, 0) is 17.8 Å². The number of carbonyl (C=O) groups is 2. The Bertz CT molecular complexity index is 1530. The molecule has 206 valence electrons. The molecular weight excluding hydrogens is 614 g/mol. The molecule has 0 unspecified atom stereocenters. The van der Waals surface area contributed by atoms with Crippen LogP contribution in [0.1, 0.15) is 35.1 Å². The van der Waals surface area contributed by atoms with Crippen molar-refractivity contribution in [1.82, 2.24) is 20.1 Å². The maximum atomic E-state index is 13.3. The van der Waals surface area contributed by atoms with Crippen LogP contribution >= 0.6 is 39.3 Å². The van der Waals surface area contributed by atoms with Gasteiger partial charge in [-0.2, -0.15) is 0 Å². The predicted octanol–water partition coefficient (Wildman–Crippen LogP) is 6.08. The minimum atomic E-state index is -0.333. The van der Waals surface area contributed by atoms with Crippen molar-refractivity contribution in [2.45, 2.75) is 31.5 Å². The molecule has 1 aliphatic heterocycles. The van der Waals surface area contributed by atoms with Crippen LogP contribution in [0.4, 0.5) is 5.69 Å². The lowest BCUT2D eigenvalue weighted by Gasteiger charge is -2.29. The average molecular weight is 641 g/mol. The van der Waals surface area contributed by atoms with Gasteiger partial charge in [0.2, 0.25) is 5.91 Å². The summed E-state index contributed by atoms with van der Waals surface area (Å²) in [5.41, 5.74) is 3.30. The molecule has 3 aromatic carbocycles. The van der Waals surface area contributed by atoms with Gasteiger partial charge < -0.3 is 15.0 Å². The van der Waals surface area contributed by atoms with Crippen molar-refractivity contribution in [1.29, 1.82) is 0 Å². The number of ether oxygens (including phenoxy) is 1. The predicted molar refractivity (Wildman–Crippen MR) is 161 cm³/mol. The van der Waals surface area contributed by atoms with Crippen molar-refractivity contribution in [3.63, 3.8) is 0 Å². The maximum absolute atomic E-state index is 13.3. The van der Waals surface area contributed by atoms with E-state index in [-0.39, 0.29) is 24.1 Å². The molecule has 5 rings (SSSR count). The summed E-state index contributed by atoms with van der Waals surface area (Å²) < 4.78 is 8.19. The Hall–Kier alpha value is -3.34. The van der Waals surface area contributed by atoms with Gasteiger partial charge >= 0.3 is 0 Å². The number of benzene rings is 3. The van der Waals surface area contributed by atoms with Gasteiger partial charge in [-0.05, 0) is 73.9 Å². The largest absolute Gasteiger partial charge is 0.494 e. The fraction of sp³-hybridized carbons (Fsp3) is 0.241. The monoisotopic (exact) mass is 639 g/mol. The highest BCUT2D eigenvalue weighted by atomic mass is 79.9. The molecule has 0 aliphatic carbocycles. The van der Waals surface area contributed by atoms with Gasteiger partial charge in [-0.15, -0.1) is 10.2 Å². The first-order valence-electron chi connectivity index (χ1n) is 12.9. The lowest BCUT2D eigenvalue weighted by molar-refractivity contribution is -0.116. The van der Waals surface area contributed by atoms with E-state index in [0.29, 0.717) is 34.7 Å². The first-order chi connectivity index (χ1) is 19.4. The van der Waals surface area contributed by atoms with E-state index in [9.17, 15) is 9.59 Å². The van der Waals surface area contributed by atoms with Crippen LogP contribution < -0.4 is 15.0 Å². The molecule has 0 fully saturated rings. The molecule has 1 N–H and O–H groups in total. The number of amides is 2. The zero-order chi connectivity index (χ0) is 28.1. The summed E-state index contributed by atoms with van der Waals surface area (Å²) in [5, 5.41) is 12.5. The minimum Gasteiger partial charge on any atom is -0.494 e. The Morgan fingerprint density at radius 3 is 2.70 bits per heavy atom. The lowest BCUT2D eigenvalue weighted by atomic mass is 10.0. The summed E-state index contributed by atoms with van der Waals surface area (Å²) in [6.45, 7) is 3.29. The van der Waals surface area contributed by atoms with Gasteiger partial charge in [-0.3, -0.25) is 14.2 Å². The summed E-state index contributed by atoms with van der Waals surface area (Å²) in [5.74, 6) is 1.13. The van der Waals surface area contributed by atoms with E-state index < -0.39 is 0 Å². The molecule has 40 heavy (non-hydrogen) atoms. The number of hydrogen-bond donors (Lipinski definition) is 1. The Morgan fingerprint density at radius 2 is 1.90 bits per heavy atom. The number of aromatic nitrogens is 3. The van der Waals surface area contributed by atoms with Crippen LogP contribution in [0.3, 0.4) is 0 Å². The maximum Gasteiger partial charge on any atom is 0.253 e. The first kappa shape index (κ1) is 28.2. The molecule has 0 atom stereocenters. The highest BCUT2D eigenvalue weighted by molar-refractivity contribution is 9.10. The first-order valence-corrected chi connectivity index (χ1v) is 15.0. The Balaban J connectivity index is 1.37. The number of nitrogens with zero attached hydrogens (tertiary/aromatic N) is 4. The van der Waals surface area contributed by atoms with Gasteiger partial charge in [0, 0.05) is 22.4 Å². The summed E-state index contributed by atoms with van der Waals surface area (Å²) in [7, 11) is 0. The molecular formula is C29H27BrClN5O3S. The SMILES string of the molecule is CCOc1ccc(-n2c(CNC(=O)c3cc(Br)ccc3Cl)nnc2SCC(=O)N2CCCc3ccccc32)cc1. The third-order valence-electron chi connectivity index (χ3n) is 6.42. The molecule has 2 amide bonds. The fourth-order valence-electron chi connectivity index (χ4n) is 4.55. The van der Waals surface area contributed by atoms with Crippen LogP contribution in [0, 0.1) is 0 Å². The molecule has 0 saturated carbocycles. The van der Waals surface area contributed by atoms with Crippen LogP contribution in [0.2, 0.25) is 5.02 Å². The molecule has 0 spiro atoms. The van der Waals surface area contributed by atoms with E-state index in [4.69, 9.17) is 16.3 Å². The van der Waals surface area contributed by atoms with Crippen molar-refractivity contribution in [2.24, 2.45) is 0 Å². The number of nitrogens with one attached hydrogen (secondary N) is 1. The van der Waals surface area contributed by atoms with Crippen molar-refractivity contribution < 1.29 is 14.3 Å². The zero-order valence-corrected chi connectivity index (χ0v) is 24.9. The number of para-hydroxylation sites is 1. The lowest BCUT2D eigenvalue weighted by Crippen LogP contribution is -2.36. The fourth-order valence-corrected chi connectivity index (χ4v) is 5.96. The standard InChI is InChI=1S/C29H27BrClN5O3S/c1-2-39-22-12-10-21(11-13-22)36-26(17-32-28(38)23-16-20(30)9-14-24(23)31)33-34-29(36)40-18-27(37)35-15-5-7-19-6-3-4-8-25(19)35/h3-4,6,8-14,16H,2,5,7,15,17-18H2,1H3,(H,32,38). The number of carbonyl (C=O) groups excluding carboxylic acids is 2. The van der Waals surface area contributed by atoms with Crippen molar-refractivity contribution >= 4 is 56.8 Å². The number of thioether (sulfide) groups is 1. The molecule has 8 nitrogen and oxygen atoms in total. The topological polar surface area (TPSA) is 89.3 Å². The Kier molecular flexibility index (Phi) is 9.08. The van der Waals surface area contributed by atoms with Gasteiger partial charge in [-0.25, -0.2) is 0 Å². The number of rotatable bonds is 9. The molecule has 0 radical (unpaired) electrons. The van der Waals surface area contributed by atoms with E-state index in [1.54, 1.807) is 18.2 Å². The molecule has 0 saturated heterocycles. The molecule has 11 heteroatoms. The van der Waals surface area contributed by atoms with E-state index in [1.807, 2.05) is 58.9 Å². The minimum absolute atomic E-state index is 0.0116. The van der Waals surface area contributed by atoms with Gasteiger partial charge in [0.15, 0.2) is 11.0 Å². The summed E-state index contributed by atoms with van der Waals surface area (Å²) in [6.07, 6.45) is 1.90. The quantitative estimate of drug-likeness (QED) is 0.223. The highest BCUT2D eigenvalue weighted by Crippen LogP contribution is 2.29. The smallest absolute Gasteiger partial charge is 0.253 e. The van der Waals surface area contributed by atoms with Gasteiger partial charge in [0.1, 0.15) is 5.75 Å². The molecule has 1 aromatic heterocycles. The van der Waals surface area contributed by atoms with Gasteiger partial charge in [-0.1, -0.05) is 57.5 Å². The van der Waals surface area contributed by atoms with Crippen LogP contribution in [0.15, 0.2) is 76.4 Å². The van der Waals surface area contributed by atoms with E-state index >= 15 is 0 Å². The summed E-state index contributed by atoms with van der Waals surface area (Å²) in [6, 6.07) is 20.7.